The molecule has 9 aromatic rings. The van der Waals surface area contributed by atoms with Gasteiger partial charge >= 0.3 is 0 Å². The zero-order valence-electron chi connectivity index (χ0n) is 33.9. The van der Waals surface area contributed by atoms with E-state index in [-0.39, 0.29) is 0 Å². The molecule has 0 spiro atoms. The second-order valence-electron chi connectivity index (χ2n) is 16.0. The minimum Gasteiger partial charge on any atom is -0.135 e. The van der Waals surface area contributed by atoms with Gasteiger partial charge in [-0.25, -0.2) is 0 Å². The standard InChI is InChI=1S/C57H46S/c1-35-36(2)38(4)53(39(5)37(35)3)57-56(51-26-16-17-27-52(51)58-57)43-30-28-42(29-31-43)54-47-22-12-14-24-49(47)55(50-25-15-13-23-48(50)54)46-33-44(40-18-8-6-9-19-40)32-45(34-46)41-20-10-7-11-21-41/h6-15,17-25,27-34H,16,26H2,1-5H3. The van der Waals surface area contributed by atoms with Crippen LogP contribution in [0.2, 0.25) is 0 Å². The molecule has 0 bridgehead atoms. The number of fused-ring (bicyclic) bond motifs is 3. The normalized spacial score (nSPS) is 12.4. The number of benzene rings is 8. The van der Waals surface area contributed by atoms with E-state index in [9.17, 15) is 0 Å². The predicted octanol–water partition coefficient (Wildman–Crippen LogP) is 16.6. The Morgan fingerprint density at radius 2 is 0.776 bits per heavy atom. The smallest absolute Gasteiger partial charge is 0.0435 e. The molecule has 0 saturated carbocycles. The van der Waals surface area contributed by atoms with Crippen LogP contribution < -0.4 is 0 Å². The molecule has 1 aliphatic rings. The van der Waals surface area contributed by atoms with Crippen LogP contribution in [0.3, 0.4) is 0 Å². The monoisotopic (exact) mass is 762 g/mol. The first-order valence-electron chi connectivity index (χ1n) is 20.6. The molecule has 1 heterocycles. The van der Waals surface area contributed by atoms with Crippen LogP contribution in [0.5, 0.6) is 0 Å². The van der Waals surface area contributed by atoms with Crippen molar-refractivity contribution in [2.45, 2.75) is 47.5 Å². The summed E-state index contributed by atoms with van der Waals surface area (Å²) in [5.41, 5.74) is 22.6. The molecule has 10 rings (SSSR count). The van der Waals surface area contributed by atoms with Crippen molar-refractivity contribution in [3.05, 3.63) is 196 Å². The first-order valence-corrected chi connectivity index (χ1v) is 21.4. The molecule has 280 valence electrons. The molecule has 58 heavy (non-hydrogen) atoms. The van der Waals surface area contributed by atoms with Gasteiger partial charge in [-0.15, -0.1) is 11.3 Å². The van der Waals surface area contributed by atoms with Gasteiger partial charge in [-0.05, 0) is 182 Å². The molecule has 0 atom stereocenters. The van der Waals surface area contributed by atoms with Crippen LogP contribution in [0.15, 0.2) is 158 Å². The van der Waals surface area contributed by atoms with E-state index in [4.69, 9.17) is 0 Å². The number of thiophene rings is 1. The molecule has 0 unspecified atom stereocenters. The van der Waals surface area contributed by atoms with Crippen LogP contribution in [-0.2, 0) is 6.42 Å². The summed E-state index contributed by atoms with van der Waals surface area (Å²) in [5, 5.41) is 5.07. The van der Waals surface area contributed by atoms with E-state index < -0.39 is 0 Å². The fourth-order valence-electron chi connectivity index (χ4n) is 9.53. The first-order chi connectivity index (χ1) is 28.4. The second-order valence-corrected chi connectivity index (χ2v) is 17.1. The summed E-state index contributed by atoms with van der Waals surface area (Å²) in [6, 6.07) is 56.3. The number of hydrogen-bond donors (Lipinski definition) is 0. The summed E-state index contributed by atoms with van der Waals surface area (Å²) < 4.78 is 0. The van der Waals surface area contributed by atoms with Gasteiger partial charge in [0.1, 0.15) is 0 Å². The average Bonchev–Trinajstić information content (AvgIpc) is 3.66. The second kappa shape index (κ2) is 14.6. The lowest BCUT2D eigenvalue weighted by Crippen LogP contribution is -2.00. The summed E-state index contributed by atoms with van der Waals surface area (Å²) in [5.74, 6) is 0. The van der Waals surface area contributed by atoms with E-state index in [1.165, 1.54) is 126 Å². The van der Waals surface area contributed by atoms with Gasteiger partial charge in [0.2, 0.25) is 0 Å². The molecule has 0 fully saturated rings. The van der Waals surface area contributed by atoms with E-state index in [2.05, 4.69) is 198 Å². The molecule has 1 aliphatic carbocycles. The summed E-state index contributed by atoms with van der Waals surface area (Å²) >= 11 is 1.98. The molecule has 1 heteroatoms. The summed E-state index contributed by atoms with van der Waals surface area (Å²) in [4.78, 5) is 2.83. The van der Waals surface area contributed by atoms with E-state index in [0.29, 0.717) is 0 Å². The van der Waals surface area contributed by atoms with E-state index in [0.717, 1.165) is 12.8 Å². The quantitative estimate of drug-likeness (QED) is 0.148. The molecular weight excluding hydrogens is 717 g/mol. The van der Waals surface area contributed by atoms with Crippen molar-refractivity contribution in [1.29, 1.82) is 0 Å². The highest BCUT2D eigenvalue weighted by Gasteiger charge is 2.25. The van der Waals surface area contributed by atoms with Crippen LogP contribution in [0.1, 0.15) is 44.7 Å². The topological polar surface area (TPSA) is 0 Å². The maximum Gasteiger partial charge on any atom is 0.0435 e. The first kappa shape index (κ1) is 36.1. The Bertz CT molecular complexity index is 2920. The summed E-state index contributed by atoms with van der Waals surface area (Å²) in [6.07, 6.45) is 6.88. The van der Waals surface area contributed by atoms with Crippen molar-refractivity contribution in [2.24, 2.45) is 0 Å². The number of allylic oxidation sites excluding steroid dienone is 1. The van der Waals surface area contributed by atoms with Crippen molar-refractivity contribution >= 4 is 39.0 Å². The maximum atomic E-state index is 2.39. The molecule has 0 saturated heterocycles. The van der Waals surface area contributed by atoms with Gasteiger partial charge in [0.15, 0.2) is 0 Å². The predicted molar refractivity (Wildman–Crippen MR) is 253 cm³/mol. The maximum absolute atomic E-state index is 2.39. The van der Waals surface area contributed by atoms with Crippen LogP contribution in [-0.4, -0.2) is 0 Å². The SMILES string of the molecule is Cc1c(C)c(C)c(-c2sc3c(c2-c2ccc(-c4c5ccccc5c(-c5cc(-c6ccccc6)cc(-c6ccccc6)c5)c5ccccc45)cc2)CCC=C3)c(C)c1C. The zero-order valence-corrected chi connectivity index (χ0v) is 34.7. The fourth-order valence-corrected chi connectivity index (χ4v) is 11.0. The van der Waals surface area contributed by atoms with Gasteiger partial charge in [0.25, 0.3) is 0 Å². The lowest BCUT2D eigenvalue weighted by atomic mass is 9.83. The molecular formula is C57H46S. The molecule has 0 aliphatic heterocycles. The van der Waals surface area contributed by atoms with Gasteiger partial charge < -0.3 is 0 Å². The summed E-state index contributed by atoms with van der Waals surface area (Å²) in [6.45, 7) is 11.5. The molecule has 0 N–H and O–H groups in total. The molecule has 8 aromatic carbocycles. The third kappa shape index (κ3) is 5.96. The highest BCUT2D eigenvalue weighted by atomic mass is 32.1. The van der Waals surface area contributed by atoms with Gasteiger partial charge in [0.05, 0.1) is 0 Å². The largest absolute Gasteiger partial charge is 0.135 e. The fraction of sp³-hybridized carbons (Fsp3) is 0.123. The molecule has 0 nitrogen and oxygen atoms in total. The van der Waals surface area contributed by atoms with E-state index >= 15 is 0 Å². The Labute approximate surface area is 346 Å². The lowest BCUT2D eigenvalue weighted by molar-refractivity contribution is 0.998. The van der Waals surface area contributed by atoms with Crippen molar-refractivity contribution in [3.8, 4) is 66.1 Å². The Morgan fingerprint density at radius 3 is 1.28 bits per heavy atom. The molecule has 0 radical (unpaired) electrons. The van der Waals surface area contributed by atoms with Gasteiger partial charge in [-0.1, -0.05) is 140 Å². The minimum atomic E-state index is 1.08. The van der Waals surface area contributed by atoms with Crippen LogP contribution >= 0.6 is 11.3 Å². The average molecular weight is 763 g/mol. The van der Waals surface area contributed by atoms with Crippen LogP contribution in [0.25, 0.3) is 93.7 Å². The van der Waals surface area contributed by atoms with Crippen LogP contribution in [0.4, 0.5) is 0 Å². The highest BCUT2D eigenvalue weighted by molar-refractivity contribution is 7.17. The van der Waals surface area contributed by atoms with Gasteiger partial charge in [0, 0.05) is 15.3 Å². The third-order valence-corrected chi connectivity index (χ3v) is 14.1. The van der Waals surface area contributed by atoms with E-state index in [1.807, 2.05) is 11.3 Å². The number of rotatable bonds is 6. The zero-order chi connectivity index (χ0) is 39.5. The Kier molecular flexibility index (Phi) is 9.07. The summed E-state index contributed by atoms with van der Waals surface area (Å²) in [7, 11) is 0. The highest BCUT2D eigenvalue weighted by Crippen LogP contribution is 2.50. The van der Waals surface area contributed by atoms with Crippen molar-refractivity contribution < 1.29 is 0 Å². The lowest BCUT2D eigenvalue weighted by Gasteiger charge is -2.20. The Morgan fingerprint density at radius 1 is 0.362 bits per heavy atom. The van der Waals surface area contributed by atoms with Gasteiger partial charge in [-0.2, -0.15) is 0 Å². The van der Waals surface area contributed by atoms with Crippen LogP contribution in [0, 0.1) is 34.6 Å². The van der Waals surface area contributed by atoms with Crippen molar-refractivity contribution in [1.82, 2.24) is 0 Å². The van der Waals surface area contributed by atoms with E-state index in [1.54, 1.807) is 0 Å². The third-order valence-electron chi connectivity index (χ3n) is 12.9. The number of hydrogen-bond acceptors (Lipinski definition) is 1. The van der Waals surface area contributed by atoms with Crippen molar-refractivity contribution in [3.63, 3.8) is 0 Å². The van der Waals surface area contributed by atoms with Crippen molar-refractivity contribution in [2.75, 3.05) is 0 Å². The minimum absolute atomic E-state index is 1.08. The Balaban J connectivity index is 1.17. The molecule has 0 amide bonds. The molecule has 1 aromatic heterocycles. The Hall–Kier alpha value is -6.28. The van der Waals surface area contributed by atoms with Gasteiger partial charge in [-0.3, -0.25) is 0 Å².